The highest BCUT2D eigenvalue weighted by Gasteiger charge is 2.16. The van der Waals surface area contributed by atoms with Crippen LogP contribution in [0.25, 0.3) is 6.08 Å². The summed E-state index contributed by atoms with van der Waals surface area (Å²) in [5.41, 5.74) is 2.01. The Hall–Kier alpha value is -3.02. The number of rotatable bonds is 5. The van der Waals surface area contributed by atoms with E-state index in [0.29, 0.717) is 25.4 Å². The molecule has 1 aliphatic heterocycles. The maximum atomic E-state index is 11.8. The Labute approximate surface area is 140 Å². The van der Waals surface area contributed by atoms with Gasteiger partial charge >= 0.3 is 0 Å². The smallest absolute Gasteiger partial charge is 0.244 e. The molecule has 24 heavy (non-hydrogen) atoms. The molecule has 0 spiro atoms. The van der Waals surface area contributed by atoms with Crippen molar-refractivity contribution in [2.75, 3.05) is 24.5 Å². The number of nitrogens with one attached hydrogen (secondary N) is 2. The van der Waals surface area contributed by atoms with E-state index >= 15 is 0 Å². The van der Waals surface area contributed by atoms with Crippen LogP contribution < -0.4 is 15.5 Å². The number of nitrogens with zero attached hydrogens (tertiary/aromatic N) is 1. The average Bonchev–Trinajstić information content (AvgIpc) is 3.12. The largest absolute Gasteiger partial charge is 0.465 e. The summed E-state index contributed by atoms with van der Waals surface area (Å²) in [5, 5.41) is 5.63. The molecule has 2 N–H and O–H groups in total. The molecule has 1 aromatic heterocycles. The van der Waals surface area contributed by atoms with Gasteiger partial charge in [-0.15, -0.1) is 0 Å². The molecule has 0 saturated carbocycles. The highest BCUT2D eigenvalue weighted by atomic mass is 16.3. The van der Waals surface area contributed by atoms with Crippen molar-refractivity contribution in [1.82, 2.24) is 10.6 Å². The second-order valence-electron chi connectivity index (χ2n) is 5.50. The fraction of sp³-hybridized carbons (Fsp3) is 0.222. The normalized spacial score (nSPS) is 14.7. The van der Waals surface area contributed by atoms with Crippen molar-refractivity contribution in [2.45, 2.75) is 6.54 Å². The summed E-state index contributed by atoms with van der Waals surface area (Å²) in [6, 6.07) is 11.4. The molecule has 3 rings (SSSR count). The van der Waals surface area contributed by atoms with Crippen molar-refractivity contribution < 1.29 is 14.0 Å². The van der Waals surface area contributed by atoms with Crippen LogP contribution in [0.15, 0.2) is 53.2 Å². The molecule has 1 saturated heterocycles. The quantitative estimate of drug-likeness (QED) is 0.818. The molecule has 2 aromatic rings. The number of benzene rings is 1. The minimum Gasteiger partial charge on any atom is -0.465 e. The van der Waals surface area contributed by atoms with E-state index in [0.717, 1.165) is 17.8 Å². The number of anilines is 1. The van der Waals surface area contributed by atoms with Crippen molar-refractivity contribution in [3.8, 4) is 0 Å². The minimum atomic E-state index is -0.178. The molecular weight excluding hydrogens is 306 g/mol. The van der Waals surface area contributed by atoms with Crippen LogP contribution in [0, 0.1) is 0 Å². The number of carbonyl (C=O) groups is 2. The van der Waals surface area contributed by atoms with Gasteiger partial charge in [0.15, 0.2) is 0 Å². The maximum Gasteiger partial charge on any atom is 0.244 e. The second-order valence-corrected chi connectivity index (χ2v) is 5.50. The number of piperazine rings is 1. The first-order chi connectivity index (χ1) is 11.7. The van der Waals surface area contributed by atoms with E-state index in [1.54, 1.807) is 24.5 Å². The van der Waals surface area contributed by atoms with Crippen LogP contribution >= 0.6 is 0 Å². The van der Waals surface area contributed by atoms with Gasteiger partial charge in [-0.1, -0.05) is 12.1 Å². The average molecular weight is 325 g/mol. The molecule has 0 aliphatic carbocycles. The van der Waals surface area contributed by atoms with Crippen molar-refractivity contribution in [2.24, 2.45) is 0 Å². The summed E-state index contributed by atoms with van der Waals surface area (Å²) in [6.07, 6.45) is 4.63. The van der Waals surface area contributed by atoms with Crippen LogP contribution in [0.3, 0.4) is 0 Å². The van der Waals surface area contributed by atoms with Crippen LogP contribution in [0.1, 0.15) is 11.3 Å². The Morgan fingerprint density at radius 3 is 2.83 bits per heavy atom. The van der Waals surface area contributed by atoms with Crippen molar-refractivity contribution in [1.29, 1.82) is 0 Å². The number of hydrogen-bond donors (Lipinski definition) is 2. The van der Waals surface area contributed by atoms with Gasteiger partial charge in [-0.05, 0) is 35.9 Å². The summed E-state index contributed by atoms with van der Waals surface area (Å²) >= 11 is 0. The van der Waals surface area contributed by atoms with Crippen molar-refractivity contribution in [3.63, 3.8) is 0 Å². The number of hydrogen-bond acceptors (Lipinski definition) is 4. The zero-order valence-corrected chi connectivity index (χ0v) is 13.2. The minimum absolute atomic E-state index is 0.0425. The lowest BCUT2D eigenvalue weighted by molar-refractivity contribution is -0.120. The molecule has 6 nitrogen and oxygen atoms in total. The van der Waals surface area contributed by atoms with Gasteiger partial charge in [0.25, 0.3) is 0 Å². The first-order valence-electron chi connectivity index (χ1n) is 7.81. The highest BCUT2D eigenvalue weighted by Crippen LogP contribution is 2.16. The lowest BCUT2D eigenvalue weighted by atomic mass is 10.2. The molecule has 0 atom stereocenters. The molecule has 0 radical (unpaired) electrons. The van der Waals surface area contributed by atoms with E-state index < -0.39 is 0 Å². The summed E-state index contributed by atoms with van der Waals surface area (Å²) in [7, 11) is 0. The molecule has 2 heterocycles. The fourth-order valence-electron chi connectivity index (χ4n) is 2.48. The van der Waals surface area contributed by atoms with Crippen molar-refractivity contribution in [3.05, 3.63) is 60.1 Å². The molecule has 0 bridgehead atoms. The van der Waals surface area contributed by atoms with Gasteiger partial charge in [0.1, 0.15) is 5.76 Å². The molecule has 0 unspecified atom stereocenters. The third kappa shape index (κ3) is 4.25. The van der Waals surface area contributed by atoms with E-state index in [9.17, 15) is 9.59 Å². The Balaban J connectivity index is 1.51. The number of amides is 2. The molecule has 1 aromatic carbocycles. The lowest BCUT2D eigenvalue weighted by Crippen LogP contribution is -2.47. The van der Waals surface area contributed by atoms with Crippen molar-refractivity contribution >= 4 is 23.6 Å². The first kappa shape index (κ1) is 15.9. The fourth-order valence-corrected chi connectivity index (χ4v) is 2.48. The first-order valence-corrected chi connectivity index (χ1v) is 7.81. The summed E-state index contributed by atoms with van der Waals surface area (Å²) in [6.45, 7) is 2.30. The topological polar surface area (TPSA) is 74.6 Å². The Kier molecular flexibility index (Phi) is 4.96. The summed E-state index contributed by atoms with van der Waals surface area (Å²) in [4.78, 5) is 25.2. The van der Waals surface area contributed by atoms with E-state index in [1.807, 2.05) is 29.2 Å². The predicted molar refractivity (Wildman–Crippen MR) is 91.3 cm³/mol. The van der Waals surface area contributed by atoms with Gasteiger partial charge < -0.3 is 20.0 Å². The summed E-state index contributed by atoms with van der Waals surface area (Å²) < 4.78 is 5.13. The van der Waals surface area contributed by atoms with E-state index in [2.05, 4.69) is 10.6 Å². The molecule has 2 amide bonds. The van der Waals surface area contributed by atoms with Gasteiger partial charge in [-0.25, -0.2) is 0 Å². The zero-order chi connectivity index (χ0) is 16.8. The third-order valence-electron chi connectivity index (χ3n) is 3.75. The highest BCUT2D eigenvalue weighted by molar-refractivity contribution is 5.91. The van der Waals surface area contributed by atoms with Crippen LogP contribution in [0.5, 0.6) is 0 Å². The molecule has 1 aliphatic rings. The lowest BCUT2D eigenvalue weighted by Gasteiger charge is -2.28. The monoisotopic (exact) mass is 325 g/mol. The van der Waals surface area contributed by atoms with E-state index in [1.165, 1.54) is 6.08 Å². The maximum absolute atomic E-state index is 11.8. The molecule has 6 heteroatoms. The van der Waals surface area contributed by atoms with Crippen LogP contribution in [-0.2, 0) is 16.1 Å². The van der Waals surface area contributed by atoms with Gasteiger partial charge in [0, 0.05) is 31.4 Å². The van der Waals surface area contributed by atoms with E-state index in [4.69, 9.17) is 4.42 Å². The van der Waals surface area contributed by atoms with E-state index in [-0.39, 0.29) is 11.8 Å². The summed E-state index contributed by atoms with van der Waals surface area (Å²) in [5.74, 6) is 0.504. The molecular formula is C18H19N3O3. The Morgan fingerprint density at radius 2 is 2.12 bits per heavy atom. The standard InChI is InChI=1S/C18H19N3O3/c22-17(8-7-16-2-1-11-24-16)20-12-14-3-5-15(6-4-14)21-10-9-19-18(23)13-21/h1-8,11H,9-10,12-13H2,(H,19,23)(H,20,22). The van der Waals surface area contributed by atoms with Gasteiger partial charge in [-0.3, -0.25) is 9.59 Å². The molecule has 1 fully saturated rings. The predicted octanol–water partition coefficient (Wildman–Crippen LogP) is 1.55. The SMILES string of the molecule is O=C(C=Cc1ccco1)NCc1ccc(N2CCNC(=O)C2)cc1. The van der Waals surface area contributed by atoms with Gasteiger partial charge in [0.2, 0.25) is 11.8 Å². The Bertz CT molecular complexity index is 720. The zero-order valence-electron chi connectivity index (χ0n) is 13.2. The molecule has 124 valence electrons. The van der Waals surface area contributed by atoms with Crippen LogP contribution in [0.4, 0.5) is 5.69 Å². The second kappa shape index (κ2) is 7.50. The third-order valence-corrected chi connectivity index (χ3v) is 3.75. The number of carbonyl (C=O) groups excluding carboxylic acids is 2. The van der Waals surface area contributed by atoms with Gasteiger partial charge in [-0.2, -0.15) is 0 Å². The number of furan rings is 1. The Morgan fingerprint density at radius 1 is 1.29 bits per heavy atom. The van der Waals surface area contributed by atoms with Crippen LogP contribution in [0.2, 0.25) is 0 Å². The van der Waals surface area contributed by atoms with Gasteiger partial charge in [0.05, 0.1) is 12.8 Å². The van der Waals surface area contributed by atoms with Crippen LogP contribution in [-0.4, -0.2) is 31.4 Å².